The van der Waals surface area contributed by atoms with Crippen molar-refractivity contribution in [3.8, 4) is 0 Å². The van der Waals surface area contributed by atoms with E-state index < -0.39 is 10.0 Å². The Hall–Kier alpha value is -2.71. The maximum Gasteiger partial charge on any atom is 0.260 e. The molecule has 146 valence electrons. The van der Waals surface area contributed by atoms with E-state index in [9.17, 15) is 13.2 Å². The fourth-order valence-corrected chi connectivity index (χ4v) is 5.08. The highest BCUT2D eigenvalue weighted by molar-refractivity contribution is 7.89. The Morgan fingerprint density at radius 3 is 2.39 bits per heavy atom. The van der Waals surface area contributed by atoms with Crippen LogP contribution < -0.4 is 4.90 Å². The number of carbonyl (C=O) groups excluding carboxylic acids is 1. The summed E-state index contributed by atoms with van der Waals surface area (Å²) in [4.78, 5) is 19.4. The molecule has 0 aliphatic carbocycles. The lowest BCUT2D eigenvalue weighted by atomic mass is 10.2. The van der Waals surface area contributed by atoms with Gasteiger partial charge in [0.15, 0.2) is 0 Å². The summed E-state index contributed by atoms with van der Waals surface area (Å²) in [6, 6.07) is 13.9. The van der Waals surface area contributed by atoms with E-state index >= 15 is 0 Å². The van der Waals surface area contributed by atoms with Crippen molar-refractivity contribution >= 4 is 32.9 Å². The van der Waals surface area contributed by atoms with Gasteiger partial charge >= 0.3 is 0 Å². The van der Waals surface area contributed by atoms with Crippen LogP contribution in [-0.4, -0.2) is 47.8 Å². The monoisotopic (exact) mass is 398 g/mol. The minimum Gasteiger partial charge on any atom is -0.308 e. The van der Waals surface area contributed by atoms with E-state index in [2.05, 4.69) is 4.98 Å². The average molecular weight is 398 g/mol. The van der Waals surface area contributed by atoms with E-state index in [1.165, 1.54) is 16.4 Å². The van der Waals surface area contributed by atoms with Crippen LogP contribution in [0.5, 0.6) is 0 Å². The SMILES string of the molecule is CCN(CC)S(=O)(=O)c1ccc(C(=O)N2CCn3c2nc2ccccc23)cc1. The van der Waals surface area contributed by atoms with Crippen molar-refractivity contribution in [1.82, 2.24) is 13.9 Å². The van der Waals surface area contributed by atoms with Crippen molar-refractivity contribution in [1.29, 1.82) is 0 Å². The Balaban J connectivity index is 1.62. The molecule has 8 heteroatoms. The minimum atomic E-state index is -3.54. The van der Waals surface area contributed by atoms with Gasteiger partial charge in [-0.3, -0.25) is 9.69 Å². The number of hydrogen-bond acceptors (Lipinski definition) is 4. The zero-order chi connectivity index (χ0) is 19.9. The summed E-state index contributed by atoms with van der Waals surface area (Å²) in [5.41, 5.74) is 2.31. The van der Waals surface area contributed by atoms with Gasteiger partial charge in [0, 0.05) is 31.7 Å². The third kappa shape index (κ3) is 2.89. The topological polar surface area (TPSA) is 75.5 Å². The Labute approximate surface area is 164 Å². The molecule has 28 heavy (non-hydrogen) atoms. The summed E-state index contributed by atoms with van der Waals surface area (Å²) in [6.45, 7) is 5.66. The molecule has 0 N–H and O–H groups in total. The van der Waals surface area contributed by atoms with Crippen LogP contribution in [0.2, 0.25) is 0 Å². The first-order valence-corrected chi connectivity index (χ1v) is 10.8. The first-order valence-electron chi connectivity index (χ1n) is 9.34. The third-order valence-corrected chi connectivity index (χ3v) is 7.18. The largest absolute Gasteiger partial charge is 0.308 e. The van der Waals surface area contributed by atoms with Crippen LogP contribution in [0.3, 0.4) is 0 Å². The normalized spacial score (nSPS) is 14.0. The van der Waals surface area contributed by atoms with Crippen LogP contribution in [0.1, 0.15) is 24.2 Å². The van der Waals surface area contributed by atoms with E-state index in [4.69, 9.17) is 0 Å². The molecule has 0 unspecified atom stereocenters. The highest BCUT2D eigenvalue weighted by Gasteiger charge is 2.29. The van der Waals surface area contributed by atoms with Crippen molar-refractivity contribution < 1.29 is 13.2 Å². The number of benzene rings is 2. The number of amides is 1. The molecular weight excluding hydrogens is 376 g/mol. The molecule has 2 heterocycles. The summed E-state index contributed by atoms with van der Waals surface area (Å²) in [6.07, 6.45) is 0. The number of carbonyl (C=O) groups is 1. The maximum absolute atomic E-state index is 13.0. The van der Waals surface area contributed by atoms with Crippen molar-refractivity contribution in [3.05, 3.63) is 54.1 Å². The highest BCUT2D eigenvalue weighted by Crippen LogP contribution is 2.28. The number of fused-ring (bicyclic) bond motifs is 3. The highest BCUT2D eigenvalue weighted by atomic mass is 32.2. The summed E-state index contributed by atoms with van der Waals surface area (Å²) < 4.78 is 28.7. The van der Waals surface area contributed by atoms with E-state index in [-0.39, 0.29) is 10.8 Å². The van der Waals surface area contributed by atoms with E-state index in [0.29, 0.717) is 37.7 Å². The lowest BCUT2D eigenvalue weighted by Crippen LogP contribution is -2.31. The molecule has 0 saturated heterocycles. The van der Waals surface area contributed by atoms with Crippen LogP contribution in [0, 0.1) is 0 Å². The van der Waals surface area contributed by atoms with Gasteiger partial charge in [-0.1, -0.05) is 26.0 Å². The van der Waals surface area contributed by atoms with Crippen molar-refractivity contribution in [2.75, 3.05) is 24.5 Å². The molecule has 0 radical (unpaired) electrons. The molecule has 1 amide bonds. The molecule has 0 spiro atoms. The first-order chi connectivity index (χ1) is 13.5. The zero-order valence-electron chi connectivity index (χ0n) is 15.9. The van der Waals surface area contributed by atoms with Crippen LogP contribution in [0.25, 0.3) is 11.0 Å². The molecule has 2 aromatic carbocycles. The van der Waals surface area contributed by atoms with Crippen LogP contribution in [0.15, 0.2) is 53.4 Å². The Bertz CT molecular complexity index is 1130. The second kappa shape index (κ2) is 7.03. The predicted molar refractivity (Wildman–Crippen MR) is 108 cm³/mol. The lowest BCUT2D eigenvalue weighted by molar-refractivity contribution is 0.0988. The molecule has 0 atom stereocenters. The van der Waals surface area contributed by atoms with Crippen LogP contribution in [0.4, 0.5) is 5.95 Å². The number of imidazole rings is 1. The van der Waals surface area contributed by atoms with E-state index in [1.54, 1.807) is 30.9 Å². The summed E-state index contributed by atoms with van der Waals surface area (Å²) in [7, 11) is -3.54. The maximum atomic E-state index is 13.0. The molecule has 0 saturated carbocycles. The molecule has 0 bridgehead atoms. The molecule has 1 aromatic heterocycles. The van der Waals surface area contributed by atoms with Gasteiger partial charge in [-0.05, 0) is 36.4 Å². The smallest absolute Gasteiger partial charge is 0.260 e. The quantitative estimate of drug-likeness (QED) is 0.662. The molecule has 0 fully saturated rings. The van der Waals surface area contributed by atoms with Crippen molar-refractivity contribution in [2.24, 2.45) is 0 Å². The second-order valence-electron chi connectivity index (χ2n) is 6.62. The molecule has 7 nitrogen and oxygen atoms in total. The second-order valence-corrected chi connectivity index (χ2v) is 8.56. The van der Waals surface area contributed by atoms with E-state index in [0.717, 1.165) is 11.0 Å². The fraction of sp³-hybridized carbons (Fsp3) is 0.300. The number of hydrogen-bond donors (Lipinski definition) is 0. The van der Waals surface area contributed by atoms with Gasteiger partial charge in [0.1, 0.15) is 0 Å². The van der Waals surface area contributed by atoms with Gasteiger partial charge in [0.25, 0.3) is 5.91 Å². The third-order valence-electron chi connectivity index (χ3n) is 5.11. The number of nitrogens with zero attached hydrogens (tertiary/aromatic N) is 4. The van der Waals surface area contributed by atoms with E-state index in [1.807, 2.05) is 28.8 Å². The van der Waals surface area contributed by atoms with Gasteiger partial charge in [-0.25, -0.2) is 13.4 Å². The lowest BCUT2D eigenvalue weighted by Gasteiger charge is -2.19. The number of para-hydroxylation sites is 2. The number of aromatic nitrogens is 2. The van der Waals surface area contributed by atoms with Gasteiger partial charge < -0.3 is 4.57 Å². The minimum absolute atomic E-state index is 0.180. The first kappa shape index (κ1) is 18.6. The fourth-order valence-electron chi connectivity index (χ4n) is 3.62. The van der Waals surface area contributed by atoms with Gasteiger partial charge in [0.05, 0.1) is 15.9 Å². The summed E-state index contributed by atoms with van der Waals surface area (Å²) in [5.74, 6) is 0.451. The molecule has 3 aromatic rings. The van der Waals surface area contributed by atoms with Gasteiger partial charge in [0.2, 0.25) is 16.0 Å². The predicted octanol–water partition coefficient (Wildman–Crippen LogP) is 2.73. The molecule has 4 rings (SSSR count). The number of sulfonamides is 1. The average Bonchev–Trinajstić information content (AvgIpc) is 3.27. The molecule has 1 aliphatic rings. The van der Waals surface area contributed by atoms with Crippen molar-refractivity contribution in [2.45, 2.75) is 25.3 Å². The standard InChI is InChI=1S/C20H22N4O3S/c1-3-22(4-2)28(26,27)16-11-9-15(10-12-16)19(25)24-14-13-23-18-8-6-5-7-17(18)21-20(23)24/h5-12H,3-4,13-14H2,1-2H3. The Kier molecular flexibility index (Phi) is 4.68. The molecular formula is C20H22N4O3S. The summed E-state index contributed by atoms with van der Waals surface area (Å²) >= 11 is 0. The van der Waals surface area contributed by atoms with Crippen LogP contribution in [-0.2, 0) is 16.6 Å². The number of anilines is 1. The Morgan fingerprint density at radius 1 is 1.04 bits per heavy atom. The van der Waals surface area contributed by atoms with Crippen LogP contribution >= 0.6 is 0 Å². The number of rotatable bonds is 5. The van der Waals surface area contributed by atoms with Crippen molar-refractivity contribution in [3.63, 3.8) is 0 Å². The Morgan fingerprint density at radius 2 is 1.71 bits per heavy atom. The van der Waals surface area contributed by atoms with Gasteiger partial charge in [-0.15, -0.1) is 0 Å². The van der Waals surface area contributed by atoms with Gasteiger partial charge in [-0.2, -0.15) is 4.31 Å². The molecule has 1 aliphatic heterocycles. The summed E-state index contributed by atoms with van der Waals surface area (Å²) in [5, 5.41) is 0. The zero-order valence-corrected chi connectivity index (χ0v) is 16.7.